The number of hydrogen-bond acceptors (Lipinski definition) is 3. The van der Waals surface area contributed by atoms with Crippen molar-refractivity contribution in [1.29, 1.82) is 0 Å². The topological polar surface area (TPSA) is 32.7 Å². The van der Waals surface area contributed by atoms with E-state index in [4.69, 9.17) is 4.74 Å². The monoisotopic (exact) mass is 213 g/mol. The Morgan fingerprint density at radius 3 is 3.00 bits per heavy atom. The standard InChI is InChI=1S/C12H23NO2/c1-10-3-2-5-13(7-10)8-11-9-15-6-4-12(11)14/h10-12,14H,2-9H2,1H3. The summed E-state index contributed by atoms with van der Waals surface area (Å²) in [5.41, 5.74) is 0. The molecule has 2 aliphatic heterocycles. The Morgan fingerprint density at radius 2 is 2.27 bits per heavy atom. The molecule has 0 radical (unpaired) electrons. The molecule has 2 saturated heterocycles. The minimum atomic E-state index is -0.143. The van der Waals surface area contributed by atoms with Crippen LogP contribution in [-0.2, 0) is 4.74 Å². The highest BCUT2D eigenvalue weighted by Gasteiger charge is 2.27. The van der Waals surface area contributed by atoms with Crippen molar-refractivity contribution in [2.45, 2.75) is 32.3 Å². The van der Waals surface area contributed by atoms with Gasteiger partial charge in [0.1, 0.15) is 0 Å². The summed E-state index contributed by atoms with van der Waals surface area (Å²) in [4.78, 5) is 2.50. The lowest BCUT2D eigenvalue weighted by atomic mass is 9.95. The van der Waals surface area contributed by atoms with Crippen LogP contribution >= 0.6 is 0 Å². The van der Waals surface area contributed by atoms with Gasteiger partial charge in [0.05, 0.1) is 12.7 Å². The number of aliphatic hydroxyl groups is 1. The SMILES string of the molecule is CC1CCCN(CC2COCCC2O)C1. The molecular weight excluding hydrogens is 190 g/mol. The molecule has 0 aromatic heterocycles. The summed E-state index contributed by atoms with van der Waals surface area (Å²) in [5, 5.41) is 9.86. The Kier molecular flexibility index (Phi) is 4.00. The van der Waals surface area contributed by atoms with Crippen LogP contribution in [0.2, 0.25) is 0 Å². The van der Waals surface area contributed by atoms with E-state index in [1.54, 1.807) is 0 Å². The zero-order valence-electron chi connectivity index (χ0n) is 9.69. The molecule has 0 spiro atoms. The van der Waals surface area contributed by atoms with Gasteiger partial charge in [-0.3, -0.25) is 0 Å². The second-order valence-electron chi connectivity index (χ2n) is 5.20. The summed E-state index contributed by atoms with van der Waals surface area (Å²) in [6.07, 6.45) is 3.34. The molecule has 1 N–H and O–H groups in total. The van der Waals surface area contributed by atoms with Gasteiger partial charge in [0.25, 0.3) is 0 Å². The average molecular weight is 213 g/mol. The lowest BCUT2D eigenvalue weighted by molar-refractivity contribution is -0.0495. The molecule has 0 amide bonds. The van der Waals surface area contributed by atoms with Gasteiger partial charge in [-0.2, -0.15) is 0 Å². The minimum Gasteiger partial charge on any atom is -0.393 e. The van der Waals surface area contributed by atoms with Crippen LogP contribution in [0.15, 0.2) is 0 Å². The fourth-order valence-electron chi connectivity index (χ4n) is 2.74. The number of nitrogens with zero attached hydrogens (tertiary/aromatic N) is 1. The van der Waals surface area contributed by atoms with E-state index in [9.17, 15) is 5.11 Å². The van der Waals surface area contributed by atoms with E-state index in [-0.39, 0.29) is 6.10 Å². The summed E-state index contributed by atoms with van der Waals surface area (Å²) < 4.78 is 5.43. The van der Waals surface area contributed by atoms with E-state index >= 15 is 0 Å². The summed E-state index contributed by atoms with van der Waals surface area (Å²) in [5.74, 6) is 1.16. The number of rotatable bonds is 2. The van der Waals surface area contributed by atoms with Gasteiger partial charge in [0.15, 0.2) is 0 Å². The van der Waals surface area contributed by atoms with Crippen molar-refractivity contribution in [3.8, 4) is 0 Å². The molecule has 2 fully saturated rings. The van der Waals surface area contributed by atoms with E-state index in [1.165, 1.54) is 25.9 Å². The first-order valence-electron chi connectivity index (χ1n) is 6.24. The third kappa shape index (κ3) is 3.16. The normalized spacial score (nSPS) is 39.2. The van der Waals surface area contributed by atoms with Gasteiger partial charge >= 0.3 is 0 Å². The molecule has 88 valence electrons. The van der Waals surface area contributed by atoms with Gasteiger partial charge in [-0.15, -0.1) is 0 Å². The molecule has 0 aromatic carbocycles. The van der Waals surface area contributed by atoms with Gasteiger partial charge in [-0.25, -0.2) is 0 Å². The van der Waals surface area contributed by atoms with Gasteiger partial charge < -0.3 is 14.7 Å². The van der Waals surface area contributed by atoms with Crippen LogP contribution in [0, 0.1) is 11.8 Å². The highest BCUT2D eigenvalue weighted by Crippen LogP contribution is 2.20. The Hall–Kier alpha value is -0.120. The molecule has 2 rings (SSSR count). The molecule has 2 aliphatic rings. The van der Waals surface area contributed by atoms with Gasteiger partial charge in [0.2, 0.25) is 0 Å². The van der Waals surface area contributed by atoms with E-state index in [0.29, 0.717) is 5.92 Å². The predicted molar refractivity (Wildman–Crippen MR) is 59.8 cm³/mol. The fraction of sp³-hybridized carbons (Fsp3) is 1.00. The van der Waals surface area contributed by atoms with Crippen LogP contribution in [0.5, 0.6) is 0 Å². The van der Waals surface area contributed by atoms with E-state index in [2.05, 4.69) is 11.8 Å². The molecule has 3 atom stereocenters. The molecule has 15 heavy (non-hydrogen) atoms. The largest absolute Gasteiger partial charge is 0.393 e. The quantitative estimate of drug-likeness (QED) is 0.746. The van der Waals surface area contributed by atoms with Crippen LogP contribution in [-0.4, -0.2) is 49.0 Å². The fourth-order valence-corrected chi connectivity index (χ4v) is 2.74. The van der Waals surface area contributed by atoms with E-state index in [0.717, 1.165) is 32.1 Å². The molecule has 0 bridgehead atoms. The Morgan fingerprint density at radius 1 is 1.40 bits per heavy atom. The third-order valence-corrected chi connectivity index (χ3v) is 3.67. The van der Waals surface area contributed by atoms with Crippen molar-refractivity contribution in [3.63, 3.8) is 0 Å². The van der Waals surface area contributed by atoms with Crippen molar-refractivity contribution in [3.05, 3.63) is 0 Å². The second kappa shape index (κ2) is 5.28. The maximum absolute atomic E-state index is 9.86. The lowest BCUT2D eigenvalue weighted by Crippen LogP contribution is -2.44. The summed E-state index contributed by atoms with van der Waals surface area (Å²) >= 11 is 0. The molecule has 2 heterocycles. The van der Waals surface area contributed by atoms with E-state index in [1.807, 2.05) is 0 Å². The van der Waals surface area contributed by atoms with Gasteiger partial charge in [-0.05, 0) is 31.7 Å². The zero-order valence-corrected chi connectivity index (χ0v) is 9.69. The maximum atomic E-state index is 9.86. The van der Waals surface area contributed by atoms with Crippen LogP contribution in [0.1, 0.15) is 26.2 Å². The third-order valence-electron chi connectivity index (χ3n) is 3.67. The molecule has 0 aliphatic carbocycles. The molecule has 3 heteroatoms. The predicted octanol–water partition coefficient (Wildman–Crippen LogP) is 1.12. The molecule has 3 nitrogen and oxygen atoms in total. The second-order valence-corrected chi connectivity index (χ2v) is 5.20. The summed E-state index contributed by atoms with van der Waals surface area (Å²) in [6, 6.07) is 0. The first-order chi connectivity index (χ1) is 7.25. The summed E-state index contributed by atoms with van der Waals surface area (Å²) in [7, 11) is 0. The van der Waals surface area contributed by atoms with Crippen LogP contribution in [0.4, 0.5) is 0 Å². The highest BCUT2D eigenvalue weighted by molar-refractivity contribution is 4.78. The van der Waals surface area contributed by atoms with Crippen LogP contribution in [0.25, 0.3) is 0 Å². The Balaban J connectivity index is 1.79. The van der Waals surface area contributed by atoms with Crippen molar-refractivity contribution in [1.82, 2.24) is 4.90 Å². The summed E-state index contributed by atoms with van der Waals surface area (Å²) in [6.45, 7) is 7.21. The van der Waals surface area contributed by atoms with Gasteiger partial charge in [-0.1, -0.05) is 6.92 Å². The number of likely N-dealkylation sites (tertiary alicyclic amines) is 1. The van der Waals surface area contributed by atoms with Crippen molar-refractivity contribution in [2.24, 2.45) is 11.8 Å². The first-order valence-corrected chi connectivity index (χ1v) is 6.24. The maximum Gasteiger partial charge on any atom is 0.0624 e. The van der Waals surface area contributed by atoms with E-state index < -0.39 is 0 Å². The Labute approximate surface area is 92.4 Å². The molecular formula is C12H23NO2. The van der Waals surface area contributed by atoms with Gasteiger partial charge in [0, 0.05) is 25.6 Å². The van der Waals surface area contributed by atoms with Crippen molar-refractivity contribution >= 4 is 0 Å². The van der Waals surface area contributed by atoms with Crippen molar-refractivity contribution in [2.75, 3.05) is 32.8 Å². The smallest absolute Gasteiger partial charge is 0.0624 e. The Bertz CT molecular complexity index is 198. The average Bonchev–Trinajstić information content (AvgIpc) is 2.22. The lowest BCUT2D eigenvalue weighted by Gasteiger charge is -2.36. The van der Waals surface area contributed by atoms with Crippen LogP contribution in [0.3, 0.4) is 0 Å². The number of ether oxygens (including phenoxy) is 1. The first kappa shape index (κ1) is 11.4. The number of piperidine rings is 1. The van der Waals surface area contributed by atoms with Crippen LogP contribution < -0.4 is 0 Å². The van der Waals surface area contributed by atoms with Crippen molar-refractivity contribution < 1.29 is 9.84 Å². The zero-order chi connectivity index (χ0) is 10.7. The number of aliphatic hydroxyl groups excluding tert-OH is 1. The minimum absolute atomic E-state index is 0.143. The molecule has 0 aromatic rings. The highest BCUT2D eigenvalue weighted by atomic mass is 16.5. The molecule has 0 saturated carbocycles. The molecule has 3 unspecified atom stereocenters. The number of hydrogen-bond donors (Lipinski definition) is 1.